The standard InChI is InChI=1S/C12H14FN3O2.ClH/c1-14-6-12(18)16-10-5-9-7(4-8(10)13)2-3-11(17)15-9;/h4-5,14H,2-3,6H2,1H3,(H,15,17)(H,16,18);1H. The van der Waals surface area contributed by atoms with Gasteiger partial charge in [0.05, 0.1) is 12.2 Å². The minimum Gasteiger partial charge on any atom is -0.326 e. The molecule has 1 aliphatic heterocycles. The predicted octanol–water partition coefficient (Wildman–Crippen LogP) is 1.29. The van der Waals surface area contributed by atoms with E-state index in [1.807, 2.05) is 0 Å². The lowest BCUT2D eigenvalue weighted by Gasteiger charge is -2.18. The fraction of sp³-hybridized carbons (Fsp3) is 0.333. The van der Waals surface area contributed by atoms with Crippen LogP contribution < -0.4 is 16.0 Å². The first-order valence-electron chi connectivity index (χ1n) is 5.67. The molecular formula is C12H15ClFN3O2. The Balaban J connectivity index is 0.00000180. The summed E-state index contributed by atoms with van der Waals surface area (Å²) in [5, 5.41) is 7.78. The van der Waals surface area contributed by atoms with Gasteiger partial charge in [0.15, 0.2) is 0 Å². The molecule has 1 aliphatic rings. The Kier molecular flexibility index (Phi) is 5.26. The van der Waals surface area contributed by atoms with Crippen LogP contribution in [0.4, 0.5) is 15.8 Å². The maximum atomic E-state index is 13.7. The molecule has 0 saturated carbocycles. The minimum atomic E-state index is -0.491. The Bertz CT molecular complexity index is 508. The van der Waals surface area contributed by atoms with Gasteiger partial charge in [0, 0.05) is 12.1 Å². The van der Waals surface area contributed by atoms with Crippen LogP contribution in [0.5, 0.6) is 0 Å². The van der Waals surface area contributed by atoms with Crippen LogP contribution in [-0.4, -0.2) is 25.4 Å². The number of hydrogen-bond acceptors (Lipinski definition) is 3. The summed E-state index contributed by atoms with van der Waals surface area (Å²) in [6.07, 6.45) is 0.876. The third kappa shape index (κ3) is 3.65. The first-order valence-corrected chi connectivity index (χ1v) is 5.67. The number of halogens is 2. The van der Waals surface area contributed by atoms with Crippen molar-refractivity contribution < 1.29 is 14.0 Å². The van der Waals surface area contributed by atoms with E-state index in [1.54, 1.807) is 7.05 Å². The Morgan fingerprint density at radius 3 is 2.84 bits per heavy atom. The average Bonchev–Trinajstić information content (AvgIpc) is 2.31. The molecule has 1 heterocycles. The molecule has 5 nitrogen and oxygen atoms in total. The molecule has 0 atom stereocenters. The number of carbonyl (C=O) groups excluding carboxylic acids is 2. The highest BCUT2D eigenvalue weighted by Gasteiger charge is 2.18. The maximum Gasteiger partial charge on any atom is 0.238 e. The van der Waals surface area contributed by atoms with Gasteiger partial charge in [-0.05, 0) is 31.2 Å². The fourth-order valence-corrected chi connectivity index (χ4v) is 1.85. The largest absolute Gasteiger partial charge is 0.326 e. The van der Waals surface area contributed by atoms with Gasteiger partial charge in [-0.3, -0.25) is 9.59 Å². The van der Waals surface area contributed by atoms with Gasteiger partial charge in [-0.1, -0.05) is 0 Å². The lowest BCUT2D eigenvalue weighted by molar-refractivity contribution is -0.116. The summed E-state index contributed by atoms with van der Waals surface area (Å²) >= 11 is 0. The summed E-state index contributed by atoms with van der Waals surface area (Å²) in [5.41, 5.74) is 1.39. The zero-order valence-electron chi connectivity index (χ0n) is 10.4. The smallest absolute Gasteiger partial charge is 0.238 e. The first-order chi connectivity index (χ1) is 8.60. The molecule has 0 aromatic heterocycles. The van der Waals surface area contributed by atoms with E-state index in [9.17, 15) is 14.0 Å². The fourth-order valence-electron chi connectivity index (χ4n) is 1.85. The highest BCUT2D eigenvalue weighted by atomic mass is 35.5. The topological polar surface area (TPSA) is 70.2 Å². The Morgan fingerprint density at radius 2 is 2.16 bits per heavy atom. The van der Waals surface area contributed by atoms with E-state index in [1.165, 1.54) is 12.1 Å². The number of hydrogen-bond donors (Lipinski definition) is 3. The number of anilines is 2. The molecule has 1 aromatic carbocycles. The lowest BCUT2D eigenvalue weighted by Crippen LogP contribution is -2.26. The van der Waals surface area contributed by atoms with Crippen molar-refractivity contribution >= 4 is 35.6 Å². The molecule has 0 unspecified atom stereocenters. The normalized spacial score (nSPS) is 13.1. The van der Waals surface area contributed by atoms with E-state index in [2.05, 4.69) is 16.0 Å². The van der Waals surface area contributed by atoms with Crippen molar-refractivity contribution in [2.75, 3.05) is 24.2 Å². The monoisotopic (exact) mass is 287 g/mol. The lowest BCUT2D eigenvalue weighted by atomic mass is 10.0. The second-order valence-electron chi connectivity index (χ2n) is 4.12. The SMILES string of the molecule is CNCC(=O)Nc1cc2c(cc1F)CCC(=O)N2.Cl. The Morgan fingerprint density at radius 1 is 1.42 bits per heavy atom. The summed E-state index contributed by atoms with van der Waals surface area (Å²) in [6, 6.07) is 2.80. The van der Waals surface area contributed by atoms with Gasteiger partial charge in [0.2, 0.25) is 11.8 Å². The van der Waals surface area contributed by atoms with Gasteiger partial charge >= 0.3 is 0 Å². The van der Waals surface area contributed by atoms with E-state index in [4.69, 9.17) is 0 Å². The van der Waals surface area contributed by atoms with Crippen molar-refractivity contribution in [2.24, 2.45) is 0 Å². The van der Waals surface area contributed by atoms with Crippen LogP contribution >= 0.6 is 12.4 Å². The third-order valence-corrected chi connectivity index (χ3v) is 2.70. The number of likely N-dealkylation sites (N-methyl/N-ethyl adjacent to an activating group) is 1. The molecule has 3 N–H and O–H groups in total. The number of fused-ring (bicyclic) bond motifs is 1. The van der Waals surface area contributed by atoms with Crippen molar-refractivity contribution in [3.63, 3.8) is 0 Å². The number of aryl methyl sites for hydroxylation is 1. The highest BCUT2D eigenvalue weighted by Crippen LogP contribution is 2.28. The molecule has 0 aliphatic carbocycles. The molecule has 104 valence electrons. The average molecular weight is 288 g/mol. The van der Waals surface area contributed by atoms with E-state index in [-0.39, 0.29) is 36.5 Å². The molecule has 2 rings (SSSR count). The maximum absolute atomic E-state index is 13.7. The molecule has 19 heavy (non-hydrogen) atoms. The molecule has 1 aromatic rings. The number of nitrogens with one attached hydrogen (secondary N) is 3. The van der Waals surface area contributed by atoms with Crippen LogP contribution in [0, 0.1) is 5.82 Å². The molecule has 0 spiro atoms. The number of carbonyl (C=O) groups is 2. The Hall–Kier alpha value is -1.66. The summed E-state index contributed by atoms with van der Waals surface area (Å²) in [6.45, 7) is 0.100. The predicted molar refractivity (Wildman–Crippen MR) is 73.2 cm³/mol. The molecule has 0 fully saturated rings. The quantitative estimate of drug-likeness (QED) is 0.784. The van der Waals surface area contributed by atoms with E-state index in [0.29, 0.717) is 18.5 Å². The Labute approximate surface area is 116 Å². The molecule has 0 radical (unpaired) electrons. The van der Waals surface area contributed by atoms with E-state index in [0.717, 1.165) is 5.56 Å². The zero-order valence-corrected chi connectivity index (χ0v) is 11.2. The molecular weight excluding hydrogens is 273 g/mol. The first kappa shape index (κ1) is 15.4. The molecule has 2 amide bonds. The highest BCUT2D eigenvalue weighted by molar-refractivity contribution is 5.97. The van der Waals surface area contributed by atoms with E-state index < -0.39 is 5.82 Å². The van der Waals surface area contributed by atoms with Crippen molar-refractivity contribution in [2.45, 2.75) is 12.8 Å². The van der Waals surface area contributed by atoms with Crippen LogP contribution in [0.1, 0.15) is 12.0 Å². The van der Waals surface area contributed by atoms with Gasteiger partial charge in [0.1, 0.15) is 5.82 Å². The van der Waals surface area contributed by atoms with Crippen molar-refractivity contribution in [3.05, 3.63) is 23.5 Å². The van der Waals surface area contributed by atoms with Crippen LogP contribution in [0.2, 0.25) is 0 Å². The summed E-state index contributed by atoms with van der Waals surface area (Å²) in [4.78, 5) is 22.6. The van der Waals surface area contributed by atoms with Crippen molar-refractivity contribution in [3.8, 4) is 0 Å². The molecule has 0 saturated heterocycles. The molecule has 0 bridgehead atoms. The van der Waals surface area contributed by atoms with Gasteiger partial charge < -0.3 is 16.0 Å². The van der Waals surface area contributed by atoms with Gasteiger partial charge in [-0.2, -0.15) is 0 Å². The number of benzene rings is 1. The molecule has 7 heteroatoms. The van der Waals surface area contributed by atoms with Crippen molar-refractivity contribution in [1.29, 1.82) is 0 Å². The summed E-state index contributed by atoms with van der Waals surface area (Å²) < 4.78 is 13.7. The van der Waals surface area contributed by atoms with Crippen LogP contribution in [0.3, 0.4) is 0 Å². The van der Waals surface area contributed by atoms with Gasteiger partial charge in [0.25, 0.3) is 0 Å². The third-order valence-electron chi connectivity index (χ3n) is 2.70. The van der Waals surface area contributed by atoms with Gasteiger partial charge in [-0.25, -0.2) is 4.39 Å². The second-order valence-corrected chi connectivity index (χ2v) is 4.12. The summed E-state index contributed by atoms with van der Waals surface area (Å²) in [7, 11) is 1.63. The van der Waals surface area contributed by atoms with Crippen LogP contribution in [-0.2, 0) is 16.0 Å². The minimum absolute atomic E-state index is 0. The van der Waals surface area contributed by atoms with Crippen molar-refractivity contribution in [1.82, 2.24) is 5.32 Å². The van der Waals surface area contributed by atoms with Crippen LogP contribution in [0.25, 0.3) is 0 Å². The van der Waals surface area contributed by atoms with Gasteiger partial charge in [-0.15, -0.1) is 12.4 Å². The second kappa shape index (κ2) is 6.49. The number of amides is 2. The number of rotatable bonds is 3. The van der Waals surface area contributed by atoms with Crippen LogP contribution in [0.15, 0.2) is 12.1 Å². The zero-order chi connectivity index (χ0) is 13.1. The summed E-state index contributed by atoms with van der Waals surface area (Å²) in [5.74, 6) is -0.922. The van der Waals surface area contributed by atoms with E-state index >= 15 is 0 Å².